The van der Waals surface area contributed by atoms with Gasteiger partial charge in [-0.3, -0.25) is 19.8 Å². The van der Waals surface area contributed by atoms with E-state index in [0.29, 0.717) is 58.7 Å². The van der Waals surface area contributed by atoms with Crippen molar-refractivity contribution in [2.75, 3.05) is 31.5 Å². The number of benzene rings is 1. The minimum absolute atomic E-state index is 0.276. The molecule has 1 saturated carbocycles. The highest BCUT2D eigenvalue weighted by Gasteiger charge is 2.28. The second-order valence-corrected chi connectivity index (χ2v) is 11.8. The van der Waals surface area contributed by atoms with Crippen LogP contribution in [-0.4, -0.2) is 73.2 Å². The fourth-order valence-corrected chi connectivity index (χ4v) is 5.52. The van der Waals surface area contributed by atoms with E-state index in [9.17, 15) is 4.79 Å². The number of nitrogens with one attached hydrogen (secondary N) is 3. The van der Waals surface area contributed by atoms with Gasteiger partial charge in [0.2, 0.25) is 0 Å². The lowest BCUT2D eigenvalue weighted by Crippen LogP contribution is -2.50. The number of ether oxygens (including phenoxy) is 1. The lowest BCUT2D eigenvalue weighted by Gasteiger charge is -2.34. The van der Waals surface area contributed by atoms with E-state index in [1.807, 2.05) is 33.0 Å². The minimum atomic E-state index is -0.330. The van der Waals surface area contributed by atoms with Crippen molar-refractivity contribution in [3.8, 4) is 17.1 Å². The molecule has 2 aliphatic rings. The molecule has 224 valence electrons. The molecule has 43 heavy (non-hydrogen) atoms. The summed E-state index contributed by atoms with van der Waals surface area (Å²) >= 11 is 0. The molecule has 1 aliphatic heterocycles. The van der Waals surface area contributed by atoms with Crippen LogP contribution in [0.1, 0.15) is 76.2 Å². The molecule has 3 N–H and O–H groups in total. The van der Waals surface area contributed by atoms with Crippen LogP contribution in [0.4, 0.5) is 5.82 Å². The van der Waals surface area contributed by atoms with Gasteiger partial charge < -0.3 is 15.4 Å². The number of H-pyrrole nitrogens is 1. The molecule has 4 aromatic rings. The number of carbonyl (C=O) groups excluding carboxylic acids is 1. The largest absolute Gasteiger partial charge is 0.482 e. The van der Waals surface area contributed by atoms with E-state index in [4.69, 9.17) is 9.72 Å². The molecule has 2 atom stereocenters. The Labute approximate surface area is 251 Å². The molecule has 0 unspecified atom stereocenters. The maximum absolute atomic E-state index is 13.5. The molecule has 6 rings (SSSR count). The van der Waals surface area contributed by atoms with Gasteiger partial charge in [0.15, 0.2) is 11.9 Å². The third kappa shape index (κ3) is 6.73. The van der Waals surface area contributed by atoms with Gasteiger partial charge in [-0.25, -0.2) is 15.0 Å². The fourth-order valence-electron chi connectivity index (χ4n) is 5.52. The molecular formula is C32H39N9O2. The van der Waals surface area contributed by atoms with Crippen LogP contribution < -0.4 is 15.4 Å². The molecular weight excluding hydrogens is 542 g/mol. The van der Waals surface area contributed by atoms with Gasteiger partial charge in [0.25, 0.3) is 5.91 Å². The Bertz CT molecular complexity index is 1610. The molecule has 11 heteroatoms. The minimum Gasteiger partial charge on any atom is -0.482 e. The first-order chi connectivity index (χ1) is 20.7. The van der Waals surface area contributed by atoms with E-state index in [0.717, 1.165) is 36.5 Å². The van der Waals surface area contributed by atoms with E-state index in [2.05, 4.69) is 59.7 Å². The van der Waals surface area contributed by atoms with Crippen molar-refractivity contribution in [1.29, 1.82) is 0 Å². The van der Waals surface area contributed by atoms with Crippen LogP contribution in [-0.2, 0) is 0 Å². The Morgan fingerprint density at radius 3 is 2.63 bits per heavy atom. The summed E-state index contributed by atoms with van der Waals surface area (Å²) in [6.07, 6.45) is 5.83. The molecule has 0 radical (unpaired) electrons. The summed E-state index contributed by atoms with van der Waals surface area (Å²) in [5.41, 5.74) is 4.83. The highest BCUT2D eigenvalue weighted by Crippen LogP contribution is 2.40. The van der Waals surface area contributed by atoms with E-state index in [-0.39, 0.29) is 12.0 Å². The Balaban J connectivity index is 1.35. The summed E-state index contributed by atoms with van der Waals surface area (Å²) in [5, 5.41) is 13.8. The van der Waals surface area contributed by atoms with Crippen molar-refractivity contribution in [3.63, 3.8) is 0 Å². The number of anilines is 1. The number of aromatic nitrogens is 6. The van der Waals surface area contributed by atoms with Crippen LogP contribution in [0.2, 0.25) is 0 Å². The summed E-state index contributed by atoms with van der Waals surface area (Å²) in [4.78, 5) is 34.0. The highest BCUT2D eigenvalue weighted by molar-refractivity contribution is 6.06. The van der Waals surface area contributed by atoms with Gasteiger partial charge in [-0.1, -0.05) is 6.07 Å². The maximum atomic E-state index is 13.5. The predicted molar refractivity (Wildman–Crippen MR) is 164 cm³/mol. The van der Waals surface area contributed by atoms with Crippen molar-refractivity contribution in [1.82, 2.24) is 40.3 Å². The molecule has 1 saturated heterocycles. The lowest BCUT2D eigenvalue weighted by molar-refractivity contribution is 0.102. The molecule has 0 bridgehead atoms. The average Bonchev–Trinajstić information content (AvgIpc) is 3.75. The molecule has 4 heterocycles. The molecule has 3 aromatic heterocycles. The number of hydrogen-bond acceptors (Lipinski definition) is 9. The van der Waals surface area contributed by atoms with Crippen molar-refractivity contribution >= 4 is 11.7 Å². The standard InChI is InChI=1S/C32H39N9O2/c1-18-12-28(43-29(17-41-11-10-33-20(3)16-41)27-9-8-24(15-35-27)23-6-7-23)26(31-37-22(5)39-40-31)13-25(18)32(42)38-30-19(2)14-34-21(4)36-30/h8-9,12-15,20,23,29,33H,6-7,10-11,16-17H2,1-5H3,(H,37,39,40)(H,34,36,38,42)/t20-,29-/m1/s1. The number of aromatic amines is 1. The Hall–Kier alpha value is -4.22. The Kier molecular flexibility index (Phi) is 8.18. The van der Waals surface area contributed by atoms with Gasteiger partial charge in [-0.2, -0.15) is 5.10 Å². The third-order valence-electron chi connectivity index (χ3n) is 8.07. The third-order valence-corrected chi connectivity index (χ3v) is 8.07. The van der Waals surface area contributed by atoms with Crippen LogP contribution in [0.3, 0.4) is 0 Å². The molecule has 0 spiro atoms. The van der Waals surface area contributed by atoms with Crippen molar-refractivity contribution < 1.29 is 9.53 Å². The van der Waals surface area contributed by atoms with Crippen LogP contribution >= 0.6 is 0 Å². The first-order valence-electron chi connectivity index (χ1n) is 15.0. The monoisotopic (exact) mass is 581 g/mol. The van der Waals surface area contributed by atoms with Gasteiger partial charge in [-0.05, 0) is 82.7 Å². The summed E-state index contributed by atoms with van der Waals surface area (Å²) in [5.74, 6) is 3.16. The number of carbonyl (C=O) groups is 1. The van der Waals surface area contributed by atoms with Crippen LogP contribution in [0, 0.1) is 27.7 Å². The van der Waals surface area contributed by atoms with Crippen LogP contribution in [0.15, 0.2) is 36.7 Å². The maximum Gasteiger partial charge on any atom is 0.257 e. The smallest absolute Gasteiger partial charge is 0.257 e. The van der Waals surface area contributed by atoms with Gasteiger partial charge in [0.1, 0.15) is 23.2 Å². The zero-order valence-electron chi connectivity index (χ0n) is 25.4. The number of pyridine rings is 1. The second-order valence-electron chi connectivity index (χ2n) is 11.8. The van der Waals surface area contributed by atoms with Gasteiger partial charge >= 0.3 is 0 Å². The lowest BCUT2D eigenvalue weighted by atomic mass is 10.0. The summed E-state index contributed by atoms with van der Waals surface area (Å²) in [7, 11) is 0. The number of amides is 1. The summed E-state index contributed by atoms with van der Waals surface area (Å²) in [6, 6.07) is 8.39. The fraction of sp³-hybridized carbons (Fsp3) is 0.438. The SMILES string of the molecule is Cc1ncc(C)c(NC(=O)c2cc(-c3n[nH]c(C)n3)c(O[C@H](CN3CCN[C@H](C)C3)c3ccc(C4CC4)cn3)cc2C)n1. The van der Waals surface area contributed by atoms with Gasteiger partial charge in [0, 0.05) is 55.7 Å². The van der Waals surface area contributed by atoms with E-state index >= 15 is 0 Å². The van der Waals surface area contributed by atoms with E-state index < -0.39 is 0 Å². The van der Waals surface area contributed by atoms with Gasteiger partial charge in [0.05, 0.1) is 11.3 Å². The number of rotatable bonds is 9. The van der Waals surface area contributed by atoms with Crippen molar-refractivity contribution in [2.24, 2.45) is 0 Å². The second kappa shape index (κ2) is 12.2. The normalized spacial score (nSPS) is 17.9. The number of hydrogen-bond donors (Lipinski definition) is 3. The van der Waals surface area contributed by atoms with Crippen LogP contribution in [0.5, 0.6) is 5.75 Å². The Morgan fingerprint density at radius 1 is 1.09 bits per heavy atom. The van der Waals surface area contributed by atoms with E-state index in [1.165, 1.54) is 18.4 Å². The number of nitrogens with zero attached hydrogens (tertiary/aromatic N) is 6. The van der Waals surface area contributed by atoms with Crippen molar-refractivity contribution in [2.45, 2.75) is 65.5 Å². The van der Waals surface area contributed by atoms with Gasteiger partial charge in [-0.15, -0.1) is 0 Å². The molecule has 1 aromatic carbocycles. The number of piperazine rings is 1. The zero-order chi connectivity index (χ0) is 30.1. The first-order valence-corrected chi connectivity index (χ1v) is 15.0. The highest BCUT2D eigenvalue weighted by atomic mass is 16.5. The zero-order valence-corrected chi connectivity index (χ0v) is 25.4. The first kappa shape index (κ1) is 28.9. The molecule has 11 nitrogen and oxygen atoms in total. The topological polar surface area (TPSA) is 134 Å². The Morgan fingerprint density at radius 2 is 1.93 bits per heavy atom. The molecule has 1 amide bonds. The summed E-state index contributed by atoms with van der Waals surface area (Å²) in [6.45, 7) is 13.1. The summed E-state index contributed by atoms with van der Waals surface area (Å²) < 4.78 is 6.85. The predicted octanol–water partition coefficient (Wildman–Crippen LogP) is 4.43. The molecule has 1 aliphatic carbocycles. The van der Waals surface area contributed by atoms with Crippen molar-refractivity contribution in [3.05, 3.63) is 76.3 Å². The average molecular weight is 582 g/mol. The van der Waals surface area contributed by atoms with Crippen LogP contribution in [0.25, 0.3) is 11.4 Å². The number of aryl methyl sites for hydroxylation is 4. The molecule has 2 fully saturated rings. The van der Waals surface area contributed by atoms with E-state index in [1.54, 1.807) is 19.2 Å². The quantitative estimate of drug-likeness (QED) is 0.262.